The van der Waals surface area contributed by atoms with Crippen LogP contribution in [0.1, 0.15) is 29.0 Å². The molecule has 1 aliphatic rings. The van der Waals surface area contributed by atoms with Crippen LogP contribution in [-0.4, -0.2) is 29.6 Å². The molecule has 0 bridgehead atoms. The highest BCUT2D eigenvalue weighted by Crippen LogP contribution is 2.31. The molecule has 1 aromatic heterocycles. The van der Waals surface area contributed by atoms with Gasteiger partial charge in [-0.15, -0.1) is 0 Å². The van der Waals surface area contributed by atoms with E-state index in [1.807, 2.05) is 25.2 Å². The van der Waals surface area contributed by atoms with Crippen molar-refractivity contribution in [1.82, 2.24) is 4.90 Å². The monoisotopic (exact) mass is 259 g/mol. The van der Waals surface area contributed by atoms with Crippen molar-refractivity contribution in [2.24, 2.45) is 5.92 Å². The van der Waals surface area contributed by atoms with Crippen LogP contribution in [0.3, 0.4) is 0 Å². The van der Waals surface area contributed by atoms with Gasteiger partial charge in [0.2, 0.25) is 0 Å². The van der Waals surface area contributed by atoms with Gasteiger partial charge in [0.25, 0.3) is 0 Å². The molecule has 100 valence electrons. The molecule has 0 radical (unpaired) electrons. The number of carboxylic acid groups (broad SMARTS) is 1. The molecule has 3 rings (SSSR count). The first-order chi connectivity index (χ1) is 9.15. The number of para-hydroxylation sites is 1. The molecular formula is C15H17NO3. The molecule has 4 nitrogen and oxygen atoms in total. The van der Waals surface area contributed by atoms with Crippen LogP contribution in [0, 0.1) is 5.92 Å². The summed E-state index contributed by atoms with van der Waals surface area (Å²) in [6, 6.07) is 7.30. The minimum atomic E-state index is -0.917. The van der Waals surface area contributed by atoms with Gasteiger partial charge < -0.3 is 9.52 Å². The van der Waals surface area contributed by atoms with Gasteiger partial charge in [0.05, 0.1) is 6.54 Å². The van der Waals surface area contributed by atoms with E-state index in [4.69, 9.17) is 4.42 Å². The fraction of sp³-hybridized carbons (Fsp3) is 0.400. The van der Waals surface area contributed by atoms with E-state index in [9.17, 15) is 9.90 Å². The number of nitrogens with zero attached hydrogens (tertiary/aromatic N) is 1. The number of benzene rings is 1. The van der Waals surface area contributed by atoms with Gasteiger partial charge >= 0.3 is 5.97 Å². The van der Waals surface area contributed by atoms with E-state index in [-0.39, 0.29) is 0 Å². The number of fused-ring (bicyclic) bond motifs is 1. The minimum Gasteiger partial charge on any atom is -0.478 e. The van der Waals surface area contributed by atoms with Crippen LogP contribution < -0.4 is 0 Å². The highest BCUT2D eigenvalue weighted by Gasteiger charge is 2.25. The molecule has 1 fully saturated rings. The lowest BCUT2D eigenvalue weighted by Gasteiger charge is -2.14. The summed E-state index contributed by atoms with van der Waals surface area (Å²) in [5, 5.41) is 10.1. The van der Waals surface area contributed by atoms with Gasteiger partial charge in [-0.2, -0.15) is 0 Å². The highest BCUT2D eigenvalue weighted by molar-refractivity contribution is 6.03. The molecule has 4 heteroatoms. The van der Waals surface area contributed by atoms with Crippen molar-refractivity contribution >= 4 is 16.9 Å². The van der Waals surface area contributed by atoms with E-state index in [0.717, 1.165) is 12.5 Å². The van der Waals surface area contributed by atoms with E-state index in [1.54, 1.807) is 6.07 Å². The summed E-state index contributed by atoms with van der Waals surface area (Å²) in [5.74, 6) is 0.416. The van der Waals surface area contributed by atoms with Gasteiger partial charge in [-0.3, -0.25) is 4.90 Å². The number of carboxylic acids is 1. The third-order valence-electron chi connectivity index (χ3n) is 3.56. The first kappa shape index (κ1) is 12.2. The van der Waals surface area contributed by atoms with E-state index in [0.29, 0.717) is 28.8 Å². The Balaban J connectivity index is 1.92. The predicted molar refractivity (Wildman–Crippen MR) is 72.2 cm³/mol. The molecule has 1 aliphatic carbocycles. The zero-order valence-corrected chi connectivity index (χ0v) is 10.9. The zero-order chi connectivity index (χ0) is 13.4. The van der Waals surface area contributed by atoms with Crippen molar-refractivity contribution in [1.29, 1.82) is 0 Å². The smallest absolute Gasteiger partial charge is 0.339 e. The topological polar surface area (TPSA) is 53.7 Å². The average molecular weight is 259 g/mol. The first-order valence-corrected chi connectivity index (χ1v) is 6.57. The maximum atomic E-state index is 11.4. The summed E-state index contributed by atoms with van der Waals surface area (Å²) >= 11 is 0. The Hall–Kier alpha value is -1.81. The molecule has 1 aromatic carbocycles. The summed E-state index contributed by atoms with van der Waals surface area (Å²) < 4.78 is 5.71. The van der Waals surface area contributed by atoms with Crippen molar-refractivity contribution in [3.8, 4) is 0 Å². The van der Waals surface area contributed by atoms with Crippen LogP contribution in [0.5, 0.6) is 0 Å². The maximum Gasteiger partial charge on any atom is 0.339 e. The largest absolute Gasteiger partial charge is 0.478 e. The number of hydrogen-bond acceptors (Lipinski definition) is 3. The standard InChI is InChI=1S/C15H17NO3/c1-16(8-10-6-7-10)9-13-14(15(17)18)11-4-2-3-5-12(11)19-13/h2-5,10H,6-9H2,1H3,(H,17,18). The molecule has 19 heavy (non-hydrogen) atoms. The normalized spacial score (nSPS) is 15.3. The number of carbonyl (C=O) groups is 1. The summed E-state index contributed by atoms with van der Waals surface area (Å²) in [4.78, 5) is 13.6. The lowest BCUT2D eigenvalue weighted by Crippen LogP contribution is -2.21. The number of hydrogen-bond donors (Lipinski definition) is 1. The fourth-order valence-electron chi connectivity index (χ4n) is 2.49. The van der Waals surface area contributed by atoms with Crippen molar-refractivity contribution < 1.29 is 14.3 Å². The van der Waals surface area contributed by atoms with E-state index in [1.165, 1.54) is 12.8 Å². The molecule has 0 spiro atoms. The summed E-state index contributed by atoms with van der Waals surface area (Å²) in [6.45, 7) is 1.56. The lowest BCUT2D eigenvalue weighted by atomic mass is 10.1. The fourth-order valence-corrected chi connectivity index (χ4v) is 2.49. The molecule has 1 heterocycles. The van der Waals surface area contributed by atoms with Crippen LogP contribution in [-0.2, 0) is 6.54 Å². The quantitative estimate of drug-likeness (QED) is 0.896. The molecule has 0 unspecified atom stereocenters. The van der Waals surface area contributed by atoms with Crippen molar-refractivity contribution in [2.45, 2.75) is 19.4 Å². The lowest BCUT2D eigenvalue weighted by molar-refractivity contribution is 0.0695. The van der Waals surface area contributed by atoms with Crippen LogP contribution in [0.25, 0.3) is 11.0 Å². The Bertz CT molecular complexity index is 613. The van der Waals surface area contributed by atoms with Gasteiger partial charge in [-0.1, -0.05) is 18.2 Å². The zero-order valence-electron chi connectivity index (χ0n) is 10.9. The molecular weight excluding hydrogens is 242 g/mol. The SMILES string of the molecule is CN(Cc1oc2ccccc2c1C(=O)O)CC1CC1. The Kier molecular flexibility index (Phi) is 3.03. The second kappa shape index (κ2) is 4.70. The molecule has 1 N–H and O–H groups in total. The van der Waals surface area contributed by atoms with Crippen molar-refractivity contribution in [3.63, 3.8) is 0 Å². The van der Waals surface area contributed by atoms with Crippen LogP contribution in [0.4, 0.5) is 0 Å². The second-order valence-electron chi connectivity index (χ2n) is 5.34. The molecule has 2 aromatic rings. The van der Waals surface area contributed by atoms with Gasteiger partial charge in [0, 0.05) is 11.9 Å². The van der Waals surface area contributed by atoms with Crippen LogP contribution >= 0.6 is 0 Å². The molecule has 0 aliphatic heterocycles. The summed E-state index contributed by atoms with van der Waals surface area (Å²) in [6.07, 6.45) is 2.58. The number of aromatic carboxylic acids is 1. The minimum absolute atomic E-state index is 0.304. The summed E-state index contributed by atoms with van der Waals surface area (Å²) in [5.41, 5.74) is 0.952. The Morgan fingerprint density at radius 2 is 2.16 bits per heavy atom. The molecule has 0 atom stereocenters. The average Bonchev–Trinajstić information content (AvgIpc) is 3.08. The Labute approximate surface area is 111 Å². The van der Waals surface area contributed by atoms with Gasteiger partial charge in [0.15, 0.2) is 0 Å². The van der Waals surface area contributed by atoms with E-state index < -0.39 is 5.97 Å². The first-order valence-electron chi connectivity index (χ1n) is 6.57. The molecule has 0 amide bonds. The molecule has 1 saturated carbocycles. The Morgan fingerprint density at radius 1 is 1.42 bits per heavy atom. The second-order valence-corrected chi connectivity index (χ2v) is 5.34. The Morgan fingerprint density at radius 3 is 2.84 bits per heavy atom. The third-order valence-corrected chi connectivity index (χ3v) is 3.56. The highest BCUT2D eigenvalue weighted by atomic mass is 16.4. The van der Waals surface area contributed by atoms with Crippen molar-refractivity contribution in [3.05, 3.63) is 35.6 Å². The van der Waals surface area contributed by atoms with E-state index in [2.05, 4.69) is 4.90 Å². The third kappa shape index (κ3) is 2.49. The number of furan rings is 1. The molecule has 0 saturated heterocycles. The van der Waals surface area contributed by atoms with Gasteiger partial charge in [0.1, 0.15) is 16.9 Å². The van der Waals surface area contributed by atoms with E-state index >= 15 is 0 Å². The predicted octanol–water partition coefficient (Wildman–Crippen LogP) is 2.97. The van der Waals surface area contributed by atoms with Crippen molar-refractivity contribution in [2.75, 3.05) is 13.6 Å². The van der Waals surface area contributed by atoms with Crippen LogP contribution in [0.15, 0.2) is 28.7 Å². The summed E-state index contributed by atoms with van der Waals surface area (Å²) in [7, 11) is 2.01. The maximum absolute atomic E-state index is 11.4. The van der Waals surface area contributed by atoms with Gasteiger partial charge in [-0.25, -0.2) is 4.79 Å². The van der Waals surface area contributed by atoms with Crippen LogP contribution in [0.2, 0.25) is 0 Å². The number of rotatable bonds is 5. The van der Waals surface area contributed by atoms with Gasteiger partial charge in [-0.05, 0) is 31.9 Å².